The summed E-state index contributed by atoms with van der Waals surface area (Å²) in [5, 5.41) is 4.15. The predicted molar refractivity (Wildman–Crippen MR) is 79.9 cm³/mol. The molecule has 0 radical (unpaired) electrons. The number of aryl methyl sites for hydroxylation is 1. The first-order valence-electron chi connectivity index (χ1n) is 6.01. The molecule has 0 amide bonds. The van der Waals surface area contributed by atoms with E-state index in [1.165, 1.54) is 24.9 Å². The molecule has 1 heterocycles. The SMILES string of the molecule is COc1cc(=O)n(C)nc1-c1cccc(NS(C)(=O)=O)c1. The Labute approximate surface area is 122 Å². The van der Waals surface area contributed by atoms with Crippen LogP contribution in [0.15, 0.2) is 35.1 Å². The van der Waals surface area contributed by atoms with Gasteiger partial charge < -0.3 is 4.74 Å². The molecule has 1 aromatic carbocycles. The van der Waals surface area contributed by atoms with Crippen LogP contribution < -0.4 is 15.0 Å². The third-order valence-corrected chi connectivity index (χ3v) is 3.32. The zero-order valence-electron chi connectivity index (χ0n) is 11.8. The van der Waals surface area contributed by atoms with Crippen molar-refractivity contribution in [3.8, 4) is 17.0 Å². The van der Waals surface area contributed by atoms with Crippen LogP contribution in [0.1, 0.15) is 0 Å². The number of sulfonamides is 1. The summed E-state index contributed by atoms with van der Waals surface area (Å²) in [5.41, 5.74) is 1.21. The van der Waals surface area contributed by atoms with Gasteiger partial charge in [-0.25, -0.2) is 13.1 Å². The molecule has 2 rings (SSSR count). The minimum absolute atomic E-state index is 0.291. The normalized spacial score (nSPS) is 11.2. The molecule has 0 bridgehead atoms. The largest absolute Gasteiger partial charge is 0.494 e. The van der Waals surface area contributed by atoms with Crippen molar-refractivity contribution in [3.05, 3.63) is 40.7 Å². The van der Waals surface area contributed by atoms with Gasteiger partial charge in [0.15, 0.2) is 5.75 Å². The zero-order valence-corrected chi connectivity index (χ0v) is 12.6. The van der Waals surface area contributed by atoms with Crippen LogP contribution in [-0.4, -0.2) is 31.6 Å². The maximum atomic E-state index is 11.6. The number of hydrogen-bond donors (Lipinski definition) is 1. The van der Waals surface area contributed by atoms with E-state index in [9.17, 15) is 13.2 Å². The van der Waals surface area contributed by atoms with Crippen molar-refractivity contribution in [2.45, 2.75) is 0 Å². The second-order valence-corrected chi connectivity index (χ2v) is 6.23. The number of ether oxygens (including phenoxy) is 1. The van der Waals surface area contributed by atoms with E-state index in [2.05, 4.69) is 9.82 Å². The van der Waals surface area contributed by atoms with Gasteiger partial charge >= 0.3 is 0 Å². The average Bonchev–Trinajstić information content (AvgIpc) is 2.39. The lowest BCUT2D eigenvalue weighted by atomic mass is 10.1. The highest BCUT2D eigenvalue weighted by Gasteiger charge is 2.11. The average molecular weight is 309 g/mol. The molecule has 0 aliphatic carbocycles. The Morgan fingerprint density at radius 1 is 1.29 bits per heavy atom. The molecule has 1 N–H and O–H groups in total. The fraction of sp³-hybridized carbons (Fsp3) is 0.231. The molecule has 7 nitrogen and oxygen atoms in total. The highest BCUT2D eigenvalue weighted by atomic mass is 32.2. The lowest BCUT2D eigenvalue weighted by Gasteiger charge is -2.10. The van der Waals surface area contributed by atoms with Crippen LogP contribution in [0.5, 0.6) is 5.75 Å². The molecule has 0 saturated carbocycles. The van der Waals surface area contributed by atoms with Gasteiger partial charge in [0.2, 0.25) is 10.0 Å². The third kappa shape index (κ3) is 3.60. The van der Waals surface area contributed by atoms with Gasteiger partial charge in [0, 0.05) is 24.4 Å². The number of nitrogens with one attached hydrogen (secondary N) is 1. The quantitative estimate of drug-likeness (QED) is 0.903. The second kappa shape index (κ2) is 5.57. The van der Waals surface area contributed by atoms with Crippen LogP contribution in [0.2, 0.25) is 0 Å². The van der Waals surface area contributed by atoms with Crippen LogP contribution in [0, 0.1) is 0 Å². The molecular formula is C13H15N3O4S. The van der Waals surface area contributed by atoms with Crippen LogP contribution in [0.25, 0.3) is 11.3 Å². The molecule has 0 unspecified atom stereocenters. The van der Waals surface area contributed by atoms with Crippen LogP contribution in [0.4, 0.5) is 5.69 Å². The van der Waals surface area contributed by atoms with E-state index in [-0.39, 0.29) is 5.56 Å². The summed E-state index contributed by atoms with van der Waals surface area (Å²) in [7, 11) is -0.389. The number of benzene rings is 1. The molecular weight excluding hydrogens is 294 g/mol. The lowest BCUT2D eigenvalue weighted by molar-refractivity contribution is 0.410. The van der Waals surface area contributed by atoms with Crippen molar-refractivity contribution < 1.29 is 13.2 Å². The molecule has 0 saturated heterocycles. The number of nitrogens with zero attached hydrogens (tertiary/aromatic N) is 2. The third-order valence-electron chi connectivity index (χ3n) is 2.72. The van der Waals surface area contributed by atoms with E-state index in [0.717, 1.165) is 6.26 Å². The molecule has 0 atom stereocenters. The van der Waals surface area contributed by atoms with Crippen LogP contribution >= 0.6 is 0 Å². The summed E-state index contributed by atoms with van der Waals surface area (Å²) < 4.78 is 31.3. The van der Waals surface area contributed by atoms with Gasteiger partial charge in [-0.3, -0.25) is 9.52 Å². The maximum Gasteiger partial charge on any atom is 0.270 e. The number of methoxy groups -OCH3 is 1. The van der Waals surface area contributed by atoms with Gasteiger partial charge in [-0.15, -0.1) is 0 Å². The molecule has 21 heavy (non-hydrogen) atoms. The standard InChI is InChI=1S/C13H15N3O4S/c1-16-12(17)8-11(20-2)13(14-16)9-5-4-6-10(7-9)15-21(3,18)19/h4-8,15H,1-3H3. The monoisotopic (exact) mass is 309 g/mol. The predicted octanol–water partition coefficient (Wildman–Crippen LogP) is 0.827. The van der Waals surface area contributed by atoms with Crippen molar-refractivity contribution in [2.24, 2.45) is 7.05 Å². The summed E-state index contributed by atoms with van der Waals surface area (Å²) in [6.07, 6.45) is 1.07. The van der Waals surface area contributed by atoms with E-state index in [0.29, 0.717) is 22.7 Å². The Bertz CT molecular complexity index is 828. The Hall–Kier alpha value is -2.35. The van der Waals surface area contributed by atoms with Gasteiger partial charge in [-0.2, -0.15) is 5.10 Å². The van der Waals surface area contributed by atoms with Crippen molar-refractivity contribution in [3.63, 3.8) is 0 Å². The highest BCUT2D eigenvalue weighted by molar-refractivity contribution is 7.92. The first-order chi connectivity index (χ1) is 9.80. The van der Waals surface area contributed by atoms with E-state index in [1.807, 2.05) is 0 Å². The number of anilines is 1. The lowest BCUT2D eigenvalue weighted by Crippen LogP contribution is -2.19. The van der Waals surface area contributed by atoms with Crippen molar-refractivity contribution in [1.29, 1.82) is 0 Å². The Morgan fingerprint density at radius 2 is 2.00 bits per heavy atom. The number of rotatable bonds is 4. The van der Waals surface area contributed by atoms with E-state index in [4.69, 9.17) is 4.74 Å². The number of hydrogen-bond acceptors (Lipinski definition) is 5. The fourth-order valence-electron chi connectivity index (χ4n) is 1.82. The minimum atomic E-state index is -3.36. The molecule has 8 heteroatoms. The molecule has 0 fully saturated rings. The van der Waals surface area contributed by atoms with Crippen LogP contribution in [0.3, 0.4) is 0 Å². The molecule has 1 aromatic heterocycles. The van der Waals surface area contributed by atoms with Crippen LogP contribution in [-0.2, 0) is 17.1 Å². The summed E-state index contributed by atoms with van der Waals surface area (Å²) in [5.74, 6) is 0.328. The topological polar surface area (TPSA) is 90.3 Å². The van der Waals surface area contributed by atoms with Gasteiger partial charge in [0.1, 0.15) is 5.69 Å². The summed E-state index contributed by atoms with van der Waals surface area (Å²) in [4.78, 5) is 11.6. The molecule has 0 aliphatic rings. The summed E-state index contributed by atoms with van der Waals surface area (Å²) in [6.45, 7) is 0. The molecule has 2 aromatic rings. The Morgan fingerprint density at radius 3 is 2.62 bits per heavy atom. The number of aromatic nitrogens is 2. The summed E-state index contributed by atoms with van der Waals surface area (Å²) >= 11 is 0. The van der Waals surface area contributed by atoms with Gasteiger partial charge in [-0.1, -0.05) is 12.1 Å². The van der Waals surface area contributed by atoms with E-state index < -0.39 is 10.0 Å². The molecule has 0 aliphatic heterocycles. The van der Waals surface area contributed by atoms with Gasteiger partial charge in [0.25, 0.3) is 5.56 Å². The van der Waals surface area contributed by atoms with Crippen molar-refractivity contribution in [2.75, 3.05) is 18.1 Å². The molecule has 0 spiro atoms. The smallest absolute Gasteiger partial charge is 0.270 e. The first kappa shape index (κ1) is 15.0. The Kier molecular flexibility index (Phi) is 3.99. The molecule has 112 valence electrons. The van der Waals surface area contributed by atoms with Gasteiger partial charge in [-0.05, 0) is 12.1 Å². The van der Waals surface area contributed by atoms with Gasteiger partial charge in [0.05, 0.1) is 13.4 Å². The Balaban J connectivity index is 2.55. The highest BCUT2D eigenvalue weighted by Crippen LogP contribution is 2.28. The van der Waals surface area contributed by atoms with Crippen molar-refractivity contribution in [1.82, 2.24) is 9.78 Å². The minimum Gasteiger partial charge on any atom is -0.494 e. The summed E-state index contributed by atoms with van der Waals surface area (Å²) in [6, 6.07) is 8.02. The second-order valence-electron chi connectivity index (χ2n) is 4.48. The van der Waals surface area contributed by atoms with Crippen molar-refractivity contribution >= 4 is 15.7 Å². The van der Waals surface area contributed by atoms with E-state index >= 15 is 0 Å². The maximum absolute atomic E-state index is 11.6. The fourth-order valence-corrected chi connectivity index (χ4v) is 2.38. The first-order valence-corrected chi connectivity index (χ1v) is 7.90. The zero-order chi connectivity index (χ0) is 15.6. The van der Waals surface area contributed by atoms with E-state index in [1.54, 1.807) is 24.3 Å².